The first-order valence-electron chi connectivity index (χ1n) is 5.72. The van der Waals surface area contributed by atoms with Crippen LogP contribution in [0.5, 0.6) is 0 Å². The second-order valence-corrected chi connectivity index (χ2v) is 4.61. The van der Waals surface area contributed by atoms with Gasteiger partial charge < -0.3 is 19.9 Å². The van der Waals surface area contributed by atoms with E-state index in [0.29, 0.717) is 18.3 Å². The van der Waals surface area contributed by atoms with Crippen LogP contribution in [0.1, 0.15) is 38.0 Å². The first-order chi connectivity index (χ1) is 7.92. The van der Waals surface area contributed by atoms with Crippen molar-refractivity contribution in [2.45, 2.75) is 31.9 Å². The zero-order chi connectivity index (χ0) is 13.1. The summed E-state index contributed by atoms with van der Waals surface area (Å²) in [5.74, 6) is 0.997. The van der Waals surface area contributed by atoms with Gasteiger partial charge in [0.05, 0.1) is 6.04 Å². The van der Waals surface area contributed by atoms with E-state index in [0.717, 1.165) is 6.42 Å². The van der Waals surface area contributed by atoms with Crippen molar-refractivity contribution in [2.24, 2.45) is 5.73 Å². The van der Waals surface area contributed by atoms with Crippen LogP contribution in [-0.4, -0.2) is 42.8 Å². The fourth-order valence-corrected chi connectivity index (χ4v) is 1.46. The van der Waals surface area contributed by atoms with Crippen LogP contribution in [0.4, 0.5) is 0 Å². The minimum atomic E-state index is -0.539. The Morgan fingerprint density at radius 2 is 2.18 bits per heavy atom. The van der Waals surface area contributed by atoms with Crippen molar-refractivity contribution in [1.82, 2.24) is 15.0 Å². The second-order valence-electron chi connectivity index (χ2n) is 4.61. The monoisotopic (exact) mass is 242 g/mol. The Morgan fingerprint density at radius 1 is 1.53 bits per heavy atom. The lowest BCUT2D eigenvalue weighted by Crippen LogP contribution is -2.27. The van der Waals surface area contributed by atoms with Crippen molar-refractivity contribution in [3.05, 3.63) is 11.7 Å². The number of likely N-dealkylation sites (N-methyl/N-ethyl adjacent to an activating group) is 1. The van der Waals surface area contributed by atoms with E-state index in [9.17, 15) is 0 Å². The fraction of sp³-hybridized carbons (Fsp3) is 0.818. The SMILES string of the molecule is CCC(C)(OC)c1nc(C(N)CN(C)C)no1. The maximum atomic E-state index is 5.97. The number of nitrogens with two attached hydrogens (primary N) is 1. The molecule has 0 aromatic carbocycles. The van der Waals surface area contributed by atoms with E-state index >= 15 is 0 Å². The third kappa shape index (κ3) is 3.24. The van der Waals surface area contributed by atoms with Gasteiger partial charge in [-0.3, -0.25) is 0 Å². The minimum Gasteiger partial charge on any atom is -0.369 e. The van der Waals surface area contributed by atoms with Crippen LogP contribution in [0.15, 0.2) is 4.52 Å². The molecule has 1 heterocycles. The molecule has 0 bridgehead atoms. The average molecular weight is 242 g/mol. The Kier molecular flexibility index (Phi) is 4.62. The molecular weight excluding hydrogens is 220 g/mol. The Labute approximate surface area is 102 Å². The largest absolute Gasteiger partial charge is 0.369 e. The minimum absolute atomic E-state index is 0.250. The number of hydrogen-bond donors (Lipinski definition) is 1. The van der Waals surface area contributed by atoms with E-state index in [1.54, 1.807) is 7.11 Å². The van der Waals surface area contributed by atoms with Gasteiger partial charge in [-0.05, 0) is 27.4 Å². The van der Waals surface area contributed by atoms with Crippen molar-refractivity contribution in [1.29, 1.82) is 0 Å². The zero-order valence-corrected chi connectivity index (χ0v) is 11.2. The molecule has 98 valence electrons. The number of rotatable bonds is 6. The second kappa shape index (κ2) is 5.57. The highest BCUT2D eigenvalue weighted by molar-refractivity contribution is 5.00. The van der Waals surface area contributed by atoms with Crippen LogP contribution in [0.2, 0.25) is 0 Å². The fourth-order valence-electron chi connectivity index (χ4n) is 1.46. The molecule has 17 heavy (non-hydrogen) atoms. The zero-order valence-electron chi connectivity index (χ0n) is 11.2. The van der Waals surface area contributed by atoms with Crippen molar-refractivity contribution in [2.75, 3.05) is 27.7 Å². The number of nitrogens with zero attached hydrogens (tertiary/aromatic N) is 3. The summed E-state index contributed by atoms with van der Waals surface area (Å²) < 4.78 is 10.6. The topological polar surface area (TPSA) is 77.4 Å². The summed E-state index contributed by atoms with van der Waals surface area (Å²) in [6.45, 7) is 4.60. The first kappa shape index (κ1) is 14.1. The highest BCUT2D eigenvalue weighted by atomic mass is 16.5. The van der Waals surface area contributed by atoms with Crippen LogP contribution in [0, 0.1) is 0 Å². The van der Waals surface area contributed by atoms with E-state index in [4.69, 9.17) is 15.0 Å². The summed E-state index contributed by atoms with van der Waals surface area (Å²) in [4.78, 5) is 6.30. The van der Waals surface area contributed by atoms with Gasteiger partial charge in [0.25, 0.3) is 5.89 Å². The van der Waals surface area contributed by atoms with Gasteiger partial charge in [0.2, 0.25) is 0 Å². The van der Waals surface area contributed by atoms with Crippen LogP contribution in [0.3, 0.4) is 0 Å². The number of aromatic nitrogens is 2. The normalized spacial score (nSPS) is 17.1. The summed E-state index contributed by atoms with van der Waals surface area (Å²) in [6, 6.07) is -0.250. The van der Waals surface area contributed by atoms with Crippen molar-refractivity contribution in [3.63, 3.8) is 0 Å². The average Bonchev–Trinajstić information content (AvgIpc) is 2.77. The van der Waals surface area contributed by atoms with Crippen LogP contribution < -0.4 is 5.73 Å². The number of hydrogen-bond acceptors (Lipinski definition) is 6. The highest BCUT2D eigenvalue weighted by Crippen LogP contribution is 2.27. The van der Waals surface area contributed by atoms with E-state index in [1.165, 1.54) is 0 Å². The molecule has 0 aliphatic rings. The lowest BCUT2D eigenvalue weighted by molar-refractivity contribution is -0.0272. The summed E-state index contributed by atoms with van der Waals surface area (Å²) in [6.07, 6.45) is 0.758. The Balaban J connectivity index is 2.84. The molecule has 0 aliphatic heterocycles. The molecule has 2 N–H and O–H groups in total. The third-order valence-corrected chi connectivity index (χ3v) is 2.91. The van der Waals surface area contributed by atoms with Gasteiger partial charge in [-0.2, -0.15) is 4.98 Å². The summed E-state index contributed by atoms with van der Waals surface area (Å²) in [5.41, 5.74) is 5.43. The molecule has 0 aliphatic carbocycles. The Morgan fingerprint density at radius 3 is 2.65 bits per heavy atom. The summed E-state index contributed by atoms with van der Waals surface area (Å²) >= 11 is 0. The lowest BCUT2D eigenvalue weighted by Gasteiger charge is -2.21. The Bertz CT molecular complexity index is 347. The van der Waals surface area contributed by atoms with Crippen LogP contribution in [0.25, 0.3) is 0 Å². The molecule has 0 spiro atoms. The van der Waals surface area contributed by atoms with E-state index < -0.39 is 5.60 Å². The molecule has 1 rings (SSSR count). The molecule has 0 radical (unpaired) electrons. The van der Waals surface area contributed by atoms with Gasteiger partial charge in [-0.25, -0.2) is 0 Å². The molecule has 0 saturated heterocycles. The van der Waals surface area contributed by atoms with Gasteiger partial charge >= 0.3 is 0 Å². The number of ether oxygens (including phenoxy) is 1. The van der Waals surface area contributed by atoms with Gasteiger partial charge in [0.15, 0.2) is 5.82 Å². The number of methoxy groups -OCH3 is 1. The molecular formula is C11H22N4O2. The predicted molar refractivity (Wildman–Crippen MR) is 64.4 cm³/mol. The third-order valence-electron chi connectivity index (χ3n) is 2.91. The smallest absolute Gasteiger partial charge is 0.258 e. The molecule has 0 amide bonds. The Hall–Kier alpha value is -0.980. The van der Waals surface area contributed by atoms with E-state index in [2.05, 4.69) is 10.1 Å². The van der Waals surface area contributed by atoms with Gasteiger partial charge in [-0.1, -0.05) is 12.1 Å². The maximum Gasteiger partial charge on any atom is 0.258 e. The maximum absolute atomic E-state index is 5.97. The molecule has 0 saturated carbocycles. The van der Waals surface area contributed by atoms with E-state index in [1.807, 2.05) is 32.8 Å². The van der Waals surface area contributed by atoms with Crippen LogP contribution >= 0.6 is 0 Å². The molecule has 2 unspecified atom stereocenters. The molecule has 1 aromatic heterocycles. The lowest BCUT2D eigenvalue weighted by atomic mass is 10.0. The molecule has 6 nitrogen and oxygen atoms in total. The highest BCUT2D eigenvalue weighted by Gasteiger charge is 2.31. The van der Waals surface area contributed by atoms with Crippen molar-refractivity contribution >= 4 is 0 Å². The predicted octanol–water partition coefficient (Wildman–Crippen LogP) is 0.903. The van der Waals surface area contributed by atoms with E-state index in [-0.39, 0.29) is 6.04 Å². The molecule has 6 heteroatoms. The first-order valence-corrected chi connectivity index (χ1v) is 5.72. The molecule has 1 aromatic rings. The molecule has 2 atom stereocenters. The van der Waals surface area contributed by atoms with Crippen LogP contribution in [-0.2, 0) is 10.3 Å². The van der Waals surface area contributed by atoms with Gasteiger partial charge in [0.1, 0.15) is 5.60 Å². The standard InChI is InChI=1S/C11H22N4O2/c1-6-11(2,16-5)10-13-9(14-17-10)8(12)7-15(3)4/h8H,6-7,12H2,1-5H3. The summed E-state index contributed by atoms with van der Waals surface area (Å²) in [5, 5.41) is 3.91. The van der Waals surface area contributed by atoms with Gasteiger partial charge in [-0.15, -0.1) is 0 Å². The summed E-state index contributed by atoms with van der Waals surface area (Å²) in [7, 11) is 5.53. The van der Waals surface area contributed by atoms with Crippen molar-refractivity contribution in [3.8, 4) is 0 Å². The van der Waals surface area contributed by atoms with Gasteiger partial charge in [0, 0.05) is 13.7 Å². The van der Waals surface area contributed by atoms with Crippen molar-refractivity contribution < 1.29 is 9.26 Å². The quantitative estimate of drug-likeness (QED) is 0.798. The molecule has 0 fully saturated rings.